The number of nitrogens with zero attached hydrogens (tertiary/aromatic N) is 4. The maximum atomic E-state index is 11.8. The van der Waals surface area contributed by atoms with Crippen LogP contribution in [-0.4, -0.2) is 51.6 Å². The van der Waals surface area contributed by atoms with E-state index in [-0.39, 0.29) is 35.6 Å². The van der Waals surface area contributed by atoms with Crippen LogP contribution in [0.1, 0.15) is 20.9 Å². The summed E-state index contributed by atoms with van der Waals surface area (Å²) in [4.78, 5) is 27.5. The molecule has 2 aliphatic rings. The van der Waals surface area contributed by atoms with Gasteiger partial charge in [-0.15, -0.1) is 0 Å². The van der Waals surface area contributed by atoms with Crippen LogP contribution in [0.5, 0.6) is 0 Å². The molecule has 11 nitrogen and oxygen atoms in total. The normalized spacial score (nSPS) is 29.1. The van der Waals surface area contributed by atoms with Gasteiger partial charge in [-0.3, -0.25) is 4.79 Å². The summed E-state index contributed by atoms with van der Waals surface area (Å²) >= 11 is 0. The quantitative estimate of drug-likeness (QED) is 0.734. The van der Waals surface area contributed by atoms with Crippen molar-refractivity contribution in [1.82, 2.24) is 14.6 Å². The molecule has 2 saturated heterocycles. The Labute approximate surface area is 160 Å². The number of esters is 1. The summed E-state index contributed by atoms with van der Waals surface area (Å²) < 4.78 is 31.0. The van der Waals surface area contributed by atoms with Crippen LogP contribution in [0.3, 0.4) is 0 Å². The van der Waals surface area contributed by atoms with Crippen molar-refractivity contribution < 1.29 is 29.9 Å². The second-order valence-corrected chi connectivity index (χ2v) is 6.74. The fraction of sp³-hybridized carbons (Fsp3) is 0.471. The van der Waals surface area contributed by atoms with Crippen molar-refractivity contribution in [3.05, 3.63) is 24.1 Å². The minimum Gasteiger partial charge on any atom is -0.463 e. The lowest BCUT2D eigenvalue weighted by molar-refractivity contribution is -0.155. The standard InChI is InChI=1S/C17H17N5O6/c1-8(2)15(23)25-5-10-12-13(27-16(24)26-12)17(6-18,28-10)11-4-3-9-14(19)20-7-21-22(9)11/h3-4,7-8,10,12-13H,5H2,1-2H3,(H2,19,20,21)/t10-,12-,13-,17+/m1/s1/i3D. The van der Waals surface area contributed by atoms with Crippen molar-refractivity contribution in [2.45, 2.75) is 37.8 Å². The van der Waals surface area contributed by atoms with E-state index in [1.54, 1.807) is 13.8 Å². The number of carbonyl (C=O) groups is 2. The lowest BCUT2D eigenvalue weighted by Crippen LogP contribution is -2.39. The third kappa shape index (κ3) is 2.53. The molecule has 2 N–H and O–H groups in total. The first-order chi connectivity index (χ1) is 13.8. The van der Waals surface area contributed by atoms with Gasteiger partial charge in [-0.05, 0) is 12.1 Å². The zero-order chi connectivity index (χ0) is 20.9. The number of nitrogen functional groups attached to an aromatic ring is 1. The number of nitrogens with two attached hydrogens (primary N) is 1. The van der Waals surface area contributed by atoms with Crippen LogP contribution in [0.15, 0.2) is 18.4 Å². The van der Waals surface area contributed by atoms with Crippen molar-refractivity contribution in [1.29, 1.82) is 5.26 Å². The highest BCUT2D eigenvalue weighted by Crippen LogP contribution is 2.46. The number of hydrogen-bond donors (Lipinski definition) is 1. The second-order valence-electron chi connectivity index (χ2n) is 6.74. The van der Waals surface area contributed by atoms with Crippen LogP contribution >= 0.6 is 0 Å². The van der Waals surface area contributed by atoms with Gasteiger partial charge in [0.25, 0.3) is 0 Å². The molecule has 2 aromatic rings. The van der Waals surface area contributed by atoms with Crippen molar-refractivity contribution in [2.75, 3.05) is 12.3 Å². The molecule has 0 aliphatic carbocycles. The van der Waals surface area contributed by atoms with Gasteiger partial charge in [0.05, 0.1) is 13.0 Å². The number of carbonyl (C=O) groups excluding carboxylic acids is 2. The molecule has 0 radical (unpaired) electrons. The number of nitriles is 1. The van der Waals surface area contributed by atoms with Crippen molar-refractivity contribution >= 4 is 23.5 Å². The summed E-state index contributed by atoms with van der Waals surface area (Å²) in [7, 11) is 0. The van der Waals surface area contributed by atoms with E-state index in [2.05, 4.69) is 10.1 Å². The fourth-order valence-corrected chi connectivity index (χ4v) is 3.29. The Kier molecular flexibility index (Phi) is 3.80. The van der Waals surface area contributed by atoms with Crippen LogP contribution in [0, 0.1) is 17.2 Å². The number of rotatable bonds is 4. The molecule has 0 bridgehead atoms. The average Bonchev–Trinajstić information content (AvgIpc) is 3.31. The van der Waals surface area contributed by atoms with Gasteiger partial charge in [0, 0.05) is 0 Å². The van der Waals surface area contributed by atoms with Crippen LogP contribution in [0.4, 0.5) is 10.6 Å². The Morgan fingerprint density at radius 3 is 3.07 bits per heavy atom. The molecule has 2 aromatic heterocycles. The minimum atomic E-state index is -1.85. The van der Waals surface area contributed by atoms with Gasteiger partial charge < -0.3 is 24.7 Å². The zero-order valence-corrected chi connectivity index (χ0v) is 15.0. The first-order valence-corrected chi connectivity index (χ1v) is 8.50. The van der Waals surface area contributed by atoms with Gasteiger partial charge in [-0.2, -0.15) is 10.4 Å². The van der Waals surface area contributed by atoms with Gasteiger partial charge in [-0.25, -0.2) is 14.3 Å². The molecule has 0 spiro atoms. The van der Waals surface area contributed by atoms with Crippen molar-refractivity contribution in [2.24, 2.45) is 5.92 Å². The van der Waals surface area contributed by atoms with E-state index in [0.717, 1.165) is 0 Å². The maximum Gasteiger partial charge on any atom is 0.509 e. The number of ether oxygens (including phenoxy) is 4. The van der Waals surface area contributed by atoms with Crippen LogP contribution in [-0.2, 0) is 29.3 Å². The number of anilines is 1. The third-order valence-electron chi connectivity index (χ3n) is 4.66. The van der Waals surface area contributed by atoms with Gasteiger partial charge in [0.1, 0.15) is 30.6 Å². The minimum absolute atomic E-state index is 0.0344. The van der Waals surface area contributed by atoms with Crippen LogP contribution in [0.2, 0.25) is 0 Å². The Morgan fingerprint density at radius 1 is 1.57 bits per heavy atom. The fourth-order valence-electron chi connectivity index (χ4n) is 3.29. The SMILES string of the molecule is [2H]c1cc([C@]2(C#N)O[C@H](COC(=O)C(C)C)[C@H]3OC(=O)O[C@H]32)n2ncnc(N)c12. The molecule has 4 rings (SSSR count). The molecule has 0 amide bonds. The van der Waals surface area contributed by atoms with Gasteiger partial charge in [0.15, 0.2) is 18.0 Å². The van der Waals surface area contributed by atoms with Gasteiger partial charge in [0.2, 0.25) is 5.60 Å². The molecule has 0 unspecified atom stereocenters. The monoisotopic (exact) mass is 388 g/mol. The number of fused-ring (bicyclic) bond motifs is 2. The van der Waals surface area contributed by atoms with Crippen molar-refractivity contribution in [3.8, 4) is 6.07 Å². The molecule has 146 valence electrons. The molecule has 2 aliphatic heterocycles. The summed E-state index contributed by atoms with van der Waals surface area (Å²) in [6, 6.07) is 3.33. The van der Waals surface area contributed by atoms with E-state index in [4.69, 9.17) is 26.1 Å². The predicted molar refractivity (Wildman–Crippen MR) is 90.5 cm³/mol. The predicted octanol–water partition coefficient (Wildman–Crippen LogP) is 0.532. The van der Waals surface area contributed by atoms with Crippen molar-refractivity contribution in [3.63, 3.8) is 0 Å². The molecule has 28 heavy (non-hydrogen) atoms. The Bertz CT molecular complexity index is 1050. The number of hydrogen-bond acceptors (Lipinski definition) is 10. The van der Waals surface area contributed by atoms with E-state index >= 15 is 0 Å². The highest BCUT2D eigenvalue weighted by Gasteiger charge is 2.65. The number of aromatic nitrogens is 3. The Hall–Kier alpha value is -3.39. The molecule has 0 aromatic carbocycles. The zero-order valence-electron chi connectivity index (χ0n) is 16.0. The largest absolute Gasteiger partial charge is 0.509 e. The molecule has 11 heteroatoms. The first kappa shape index (κ1) is 16.8. The van der Waals surface area contributed by atoms with E-state index in [1.165, 1.54) is 16.9 Å². The maximum absolute atomic E-state index is 11.8. The summed E-state index contributed by atoms with van der Waals surface area (Å²) in [5.74, 6) is -0.789. The molecule has 4 heterocycles. The van der Waals surface area contributed by atoms with Gasteiger partial charge >= 0.3 is 12.1 Å². The second kappa shape index (κ2) is 6.35. The topological polar surface area (TPSA) is 151 Å². The van der Waals surface area contributed by atoms with E-state index in [9.17, 15) is 14.9 Å². The van der Waals surface area contributed by atoms with E-state index in [0.29, 0.717) is 0 Å². The third-order valence-corrected chi connectivity index (χ3v) is 4.66. The smallest absolute Gasteiger partial charge is 0.463 e. The van der Waals surface area contributed by atoms with E-state index in [1.807, 2.05) is 6.07 Å². The first-order valence-electron chi connectivity index (χ1n) is 9.00. The molecule has 0 saturated carbocycles. The molecular weight excluding hydrogens is 370 g/mol. The van der Waals surface area contributed by atoms with Gasteiger partial charge in [-0.1, -0.05) is 13.8 Å². The highest BCUT2D eigenvalue weighted by atomic mass is 16.8. The van der Waals surface area contributed by atoms with E-state index < -0.39 is 36.0 Å². The van der Waals surface area contributed by atoms with Crippen LogP contribution in [0.25, 0.3) is 5.52 Å². The summed E-state index contributed by atoms with van der Waals surface area (Å²) in [6.45, 7) is 3.10. The summed E-state index contributed by atoms with van der Waals surface area (Å²) in [6.07, 6.45) is -2.89. The summed E-state index contributed by atoms with van der Waals surface area (Å²) in [5, 5.41) is 14.1. The summed E-state index contributed by atoms with van der Waals surface area (Å²) in [5.41, 5.74) is 4.29. The lowest BCUT2D eigenvalue weighted by atomic mass is 9.92. The molecule has 2 fully saturated rings. The Balaban J connectivity index is 1.77. The Morgan fingerprint density at radius 2 is 2.36 bits per heavy atom. The molecular formula is C17H17N5O6. The van der Waals surface area contributed by atoms with Crippen LogP contribution < -0.4 is 5.73 Å². The molecule has 4 atom stereocenters. The average molecular weight is 388 g/mol. The highest BCUT2D eigenvalue weighted by molar-refractivity contribution is 5.71. The lowest BCUT2D eigenvalue weighted by Gasteiger charge is -2.24.